The Morgan fingerprint density at radius 3 is 2.87 bits per heavy atom. The van der Waals surface area contributed by atoms with Gasteiger partial charge in [0.1, 0.15) is 5.75 Å². The lowest BCUT2D eigenvalue weighted by Gasteiger charge is -2.28. The molecule has 0 saturated carbocycles. The summed E-state index contributed by atoms with van der Waals surface area (Å²) in [6.07, 6.45) is 1.98. The first kappa shape index (κ1) is 19.8. The normalized spacial score (nSPS) is 12.8. The van der Waals surface area contributed by atoms with Crippen LogP contribution in [0.4, 0.5) is 10.8 Å². The molecule has 7 heteroatoms. The third-order valence-corrected chi connectivity index (χ3v) is 5.62. The summed E-state index contributed by atoms with van der Waals surface area (Å²) in [5, 5.41) is 3.44. The zero-order valence-corrected chi connectivity index (χ0v) is 17.4. The van der Waals surface area contributed by atoms with E-state index in [0.29, 0.717) is 29.5 Å². The standard InChI is InChI=1S/C23H21N3O3S/c1-3-11-26-18-13-17(9-10-19(18)29-14-21(26)28)22-15(2)30-23(25-22)24-20(27)12-16-7-5-4-6-8-16/h3-10,13H,1,11-12,14H2,2H3,(H,24,25,27). The van der Waals surface area contributed by atoms with Crippen LogP contribution in [0, 0.1) is 6.92 Å². The van der Waals surface area contributed by atoms with Gasteiger partial charge in [0, 0.05) is 17.0 Å². The number of hydrogen-bond donors (Lipinski definition) is 1. The first-order valence-electron chi connectivity index (χ1n) is 9.55. The number of thiazole rings is 1. The van der Waals surface area contributed by atoms with Crippen molar-refractivity contribution in [2.45, 2.75) is 13.3 Å². The molecule has 0 atom stereocenters. The molecular formula is C23H21N3O3S. The van der Waals surface area contributed by atoms with Gasteiger partial charge in [-0.1, -0.05) is 36.4 Å². The lowest BCUT2D eigenvalue weighted by atomic mass is 10.1. The second-order valence-electron chi connectivity index (χ2n) is 6.90. The van der Waals surface area contributed by atoms with Crippen molar-refractivity contribution >= 4 is 34.0 Å². The Labute approximate surface area is 178 Å². The maximum Gasteiger partial charge on any atom is 0.265 e. The van der Waals surface area contributed by atoms with Crippen molar-refractivity contribution < 1.29 is 14.3 Å². The van der Waals surface area contributed by atoms with Gasteiger partial charge >= 0.3 is 0 Å². The van der Waals surface area contributed by atoms with Crippen LogP contribution in [0.15, 0.2) is 61.2 Å². The highest BCUT2D eigenvalue weighted by atomic mass is 32.1. The molecule has 4 rings (SSSR count). The van der Waals surface area contributed by atoms with Crippen LogP contribution in [0.3, 0.4) is 0 Å². The molecule has 1 aromatic heterocycles. The Morgan fingerprint density at radius 1 is 1.30 bits per heavy atom. The highest BCUT2D eigenvalue weighted by molar-refractivity contribution is 7.16. The van der Waals surface area contributed by atoms with Gasteiger partial charge in [-0.2, -0.15) is 0 Å². The van der Waals surface area contributed by atoms with E-state index >= 15 is 0 Å². The van der Waals surface area contributed by atoms with Crippen LogP contribution in [0.1, 0.15) is 10.4 Å². The van der Waals surface area contributed by atoms with Crippen LogP contribution in [0.5, 0.6) is 5.75 Å². The predicted molar refractivity (Wildman–Crippen MR) is 119 cm³/mol. The van der Waals surface area contributed by atoms with Gasteiger partial charge in [0.25, 0.3) is 5.91 Å². The highest BCUT2D eigenvalue weighted by Gasteiger charge is 2.25. The van der Waals surface area contributed by atoms with E-state index in [1.54, 1.807) is 11.0 Å². The van der Waals surface area contributed by atoms with Gasteiger partial charge in [-0.15, -0.1) is 17.9 Å². The molecule has 0 aliphatic carbocycles. The molecule has 30 heavy (non-hydrogen) atoms. The number of carbonyl (C=O) groups is 2. The maximum absolute atomic E-state index is 12.4. The van der Waals surface area contributed by atoms with Crippen molar-refractivity contribution in [1.82, 2.24) is 4.98 Å². The third kappa shape index (κ3) is 4.11. The molecule has 0 saturated heterocycles. The average Bonchev–Trinajstić information content (AvgIpc) is 3.10. The molecule has 0 bridgehead atoms. The number of rotatable bonds is 6. The Morgan fingerprint density at radius 2 is 2.10 bits per heavy atom. The Kier molecular flexibility index (Phi) is 5.63. The van der Waals surface area contributed by atoms with Gasteiger partial charge in [0.15, 0.2) is 11.7 Å². The minimum Gasteiger partial charge on any atom is -0.482 e. The topological polar surface area (TPSA) is 71.5 Å². The summed E-state index contributed by atoms with van der Waals surface area (Å²) >= 11 is 1.43. The van der Waals surface area contributed by atoms with E-state index in [4.69, 9.17) is 4.74 Å². The first-order valence-corrected chi connectivity index (χ1v) is 10.4. The Balaban J connectivity index is 1.57. The summed E-state index contributed by atoms with van der Waals surface area (Å²) in [6, 6.07) is 15.2. The van der Waals surface area contributed by atoms with E-state index in [2.05, 4.69) is 16.9 Å². The van der Waals surface area contributed by atoms with Crippen molar-refractivity contribution in [1.29, 1.82) is 0 Å². The number of carbonyl (C=O) groups excluding carboxylic acids is 2. The summed E-state index contributed by atoms with van der Waals surface area (Å²) in [7, 11) is 0. The smallest absolute Gasteiger partial charge is 0.265 e. The monoisotopic (exact) mass is 419 g/mol. The summed E-state index contributed by atoms with van der Waals surface area (Å²) in [4.78, 5) is 31.8. The van der Waals surface area contributed by atoms with Crippen molar-refractivity contribution in [3.63, 3.8) is 0 Å². The van der Waals surface area contributed by atoms with Crippen LogP contribution in [0.2, 0.25) is 0 Å². The average molecular weight is 420 g/mol. The number of amides is 2. The fourth-order valence-corrected chi connectivity index (χ4v) is 4.19. The Hall–Kier alpha value is -3.45. The van der Waals surface area contributed by atoms with E-state index < -0.39 is 0 Å². The number of ether oxygens (including phenoxy) is 1. The van der Waals surface area contributed by atoms with Crippen LogP contribution in [-0.2, 0) is 16.0 Å². The van der Waals surface area contributed by atoms with Crippen LogP contribution < -0.4 is 15.0 Å². The van der Waals surface area contributed by atoms with Gasteiger partial charge in [0.2, 0.25) is 5.91 Å². The molecule has 2 heterocycles. The Bertz CT molecular complexity index is 1110. The molecule has 1 aliphatic rings. The summed E-state index contributed by atoms with van der Waals surface area (Å²) < 4.78 is 5.55. The van der Waals surface area contributed by atoms with E-state index in [-0.39, 0.29) is 18.4 Å². The number of nitrogens with one attached hydrogen (secondary N) is 1. The number of aromatic nitrogens is 1. The fourth-order valence-electron chi connectivity index (χ4n) is 3.34. The zero-order chi connectivity index (χ0) is 21.1. The molecular weight excluding hydrogens is 398 g/mol. The van der Waals surface area contributed by atoms with E-state index in [9.17, 15) is 9.59 Å². The van der Waals surface area contributed by atoms with Gasteiger partial charge < -0.3 is 15.0 Å². The van der Waals surface area contributed by atoms with E-state index in [1.165, 1.54) is 11.3 Å². The molecule has 2 amide bonds. The van der Waals surface area contributed by atoms with Crippen molar-refractivity contribution in [2.24, 2.45) is 0 Å². The van der Waals surface area contributed by atoms with E-state index in [0.717, 1.165) is 21.7 Å². The molecule has 152 valence electrons. The molecule has 3 aromatic rings. The van der Waals surface area contributed by atoms with Crippen LogP contribution in [0.25, 0.3) is 11.3 Å². The quantitative estimate of drug-likeness (QED) is 0.608. The maximum atomic E-state index is 12.4. The zero-order valence-electron chi connectivity index (χ0n) is 16.6. The van der Waals surface area contributed by atoms with Gasteiger partial charge in [-0.25, -0.2) is 4.98 Å². The molecule has 2 aromatic carbocycles. The highest BCUT2D eigenvalue weighted by Crippen LogP contribution is 2.38. The number of nitrogens with zero attached hydrogens (tertiary/aromatic N) is 2. The number of anilines is 2. The fraction of sp³-hybridized carbons (Fsp3) is 0.174. The number of hydrogen-bond acceptors (Lipinski definition) is 5. The molecule has 0 radical (unpaired) electrons. The largest absolute Gasteiger partial charge is 0.482 e. The second-order valence-corrected chi connectivity index (χ2v) is 8.10. The van der Waals surface area contributed by atoms with Crippen molar-refractivity contribution in [3.05, 3.63) is 71.6 Å². The summed E-state index contributed by atoms with van der Waals surface area (Å²) in [6.45, 7) is 6.13. The summed E-state index contributed by atoms with van der Waals surface area (Å²) in [5.74, 6) is 0.441. The molecule has 0 fully saturated rings. The van der Waals surface area contributed by atoms with Crippen LogP contribution in [-0.4, -0.2) is 29.9 Å². The minimum absolute atomic E-state index is 0.0213. The minimum atomic E-state index is -0.108. The van der Waals surface area contributed by atoms with E-state index in [1.807, 2.05) is 55.5 Å². The van der Waals surface area contributed by atoms with Crippen molar-refractivity contribution in [2.75, 3.05) is 23.4 Å². The SMILES string of the molecule is C=CCN1C(=O)COc2ccc(-c3nc(NC(=O)Cc4ccccc4)sc3C)cc21. The molecule has 1 N–H and O–H groups in total. The number of benzene rings is 2. The van der Waals surface area contributed by atoms with Gasteiger partial charge in [-0.05, 0) is 30.7 Å². The predicted octanol–water partition coefficient (Wildman–Crippen LogP) is 4.21. The lowest BCUT2D eigenvalue weighted by Crippen LogP contribution is -2.38. The number of aryl methyl sites for hydroxylation is 1. The summed E-state index contributed by atoms with van der Waals surface area (Å²) in [5.41, 5.74) is 3.28. The lowest BCUT2D eigenvalue weighted by molar-refractivity contribution is -0.121. The number of fused-ring (bicyclic) bond motifs is 1. The first-order chi connectivity index (χ1) is 14.5. The molecule has 6 nitrogen and oxygen atoms in total. The molecule has 0 unspecified atom stereocenters. The van der Waals surface area contributed by atoms with Gasteiger partial charge in [-0.3, -0.25) is 9.59 Å². The van der Waals surface area contributed by atoms with Crippen LogP contribution >= 0.6 is 11.3 Å². The molecule has 1 aliphatic heterocycles. The van der Waals surface area contributed by atoms with Crippen molar-refractivity contribution in [3.8, 4) is 17.0 Å². The molecule has 0 spiro atoms. The van der Waals surface area contributed by atoms with Gasteiger partial charge in [0.05, 0.1) is 17.8 Å². The second kappa shape index (κ2) is 8.51. The third-order valence-electron chi connectivity index (χ3n) is 4.74.